The maximum atomic E-state index is 3.67. The molecule has 1 nitrogen and oxygen atoms in total. The van der Waals surface area contributed by atoms with Gasteiger partial charge < -0.3 is 5.32 Å². The molecule has 2 aromatic carbocycles. The van der Waals surface area contributed by atoms with Crippen LogP contribution in [0.4, 0.5) is 0 Å². The Morgan fingerprint density at radius 3 is 2.40 bits per heavy atom. The van der Waals surface area contributed by atoms with E-state index in [0.29, 0.717) is 12.1 Å². The van der Waals surface area contributed by atoms with Gasteiger partial charge in [-0.1, -0.05) is 42.5 Å². The lowest BCUT2D eigenvalue weighted by Gasteiger charge is -2.20. The van der Waals surface area contributed by atoms with Crippen LogP contribution in [0.15, 0.2) is 60.0 Å². The molecule has 0 aliphatic carbocycles. The third-order valence-electron chi connectivity index (χ3n) is 3.74. The smallest absolute Gasteiger partial charge is 0.0391 e. The van der Waals surface area contributed by atoms with Gasteiger partial charge in [-0.25, -0.2) is 0 Å². The molecule has 2 heteroatoms. The Balaban J connectivity index is 1.80. The van der Waals surface area contributed by atoms with Crippen LogP contribution < -0.4 is 5.32 Å². The first-order chi connectivity index (χ1) is 9.74. The second kappa shape index (κ2) is 5.78. The van der Waals surface area contributed by atoms with E-state index in [0.717, 1.165) is 0 Å². The van der Waals surface area contributed by atoms with Gasteiger partial charge in [0.25, 0.3) is 0 Å². The first-order valence-electron chi connectivity index (χ1n) is 7.02. The molecule has 0 aliphatic heterocycles. The van der Waals surface area contributed by atoms with Gasteiger partial charge >= 0.3 is 0 Å². The van der Waals surface area contributed by atoms with E-state index in [1.54, 1.807) is 0 Å². The van der Waals surface area contributed by atoms with Crippen molar-refractivity contribution in [3.05, 3.63) is 70.4 Å². The van der Waals surface area contributed by atoms with Crippen molar-refractivity contribution >= 4 is 22.1 Å². The summed E-state index contributed by atoms with van der Waals surface area (Å²) in [5.41, 5.74) is 1.34. The molecule has 3 rings (SSSR count). The summed E-state index contributed by atoms with van der Waals surface area (Å²) in [6, 6.07) is 20.3. The average molecular weight is 281 g/mol. The predicted molar refractivity (Wildman–Crippen MR) is 88.2 cm³/mol. The van der Waals surface area contributed by atoms with Crippen molar-refractivity contribution < 1.29 is 0 Å². The molecule has 1 heterocycles. The summed E-state index contributed by atoms with van der Waals surface area (Å²) in [5, 5.41) is 8.42. The molecule has 1 unspecified atom stereocenters. The Hall–Kier alpha value is -1.64. The quantitative estimate of drug-likeness (QED) is 0.683. The normalized spacial score (nSPS) is 14.3. The molecule has 1 aromatic heterocycles. The van der Waals surface area contributed by atoms with Gasteiger partial charge in [-0.2, -0.15) is 0 Å². The fraction of sp³-hybridized carbons (Fsp3) is 0.222. The van der Waals surface area contributed by atoms with Crippen LogP contribution in [0.2, 0.25) is 0 Å². The first kappa shape index (κ1) is 13.3. The first-order valence-corrected chi connectivity index (χ1v) is 7.90. The van der Waals surface area contributed by atoms with Crippen LogP contribution in [0.1, 0.15) is 36.4 Å². The van der Waals surface area contributed by atoms with E-state index in [1.165, 1.54) is 21.2 Å². The minimum absolute atomic E-state index is 0.344. The van der Waals surface area contributed by atoms with Gasteiger partial charge in [0, 0.05) is 17.0 Å². The zero-order valence-electron chi connectivity index (χ0n) is 11.8. The van der Waals surface area contributed by atoms with E-state index in [4.69, 9.17) is 0 Å². The van der Waals surface area contributed by atoms with Crippen molar-refractivity contribution in [2.45, 2.75) is 25.9 Å². The second-order valence-corrected chi connectivity index (χ2v) is 6.21. The van der Waals surface area contributed by atoms with E-state index in [1.807, 2.05) is 11.3 Å². The zero-order chi connectivity index (χ0) is 13.9. The third kappa shape index (κ3) is 2.77. The molecular weight excluding hydrogens is 262 g/mol. The highest BCUT2D eigenvalue weighted by atomic mass is 32.1. The summed E-state index contributed by atoms with van der Waals surface area (Å²) in [5.74, 6) is 0. The monoisotopic (exact) mass is 281 g/mol. The third-order valence-corrected chi connectivity index (χ3v) is 4.80. The lowest BCUT2D eigenvalue weighted by atomic mass is 10.0. The van der Waals surface area contributed by atoms with Crippen LogP contribution in [0, 0.1) is 0 Å². The highest BCUT2D eigenvalue weighted by molar-refractivity contribution is 7.10. The average Bonchev–Trinajstić information content (AvgIpc) is 3.01. The molecule has 2 atom stereocenters. The Morgan fingerprint density at radius 2 is 1.65 bits per heavy atom. The summed E-state index contributed by atoms with van der Waals surface area (Å²) in [6.45, 7) is 4.46. The summed E-state index contributed by atoms with van der Waals surface area (Å²) >= 11 is 1.81. The van der Waals surface area contributed by atoms with Crippen molar-refractivity contribution in [3.8, 4) is 0 Å². The maximum absolute atomic E-state index is 3.67. The summed E-state index contributed by atoms with van der Waals surface area (Å²) in [4.78, 5) is 1.39. The number of rotatable bonds is 4. The Bertz CT molecular complexity index is 687. The maximum Gasteiger partial charge on any atom is 0.0391 e. The van der Waals surface area contributed by atoms with Crippen LogP contribution >= 0.6 is 11.3 Å². The largest absolute Gasteiger partial charge is 0.303 e. The van der Waals surface area contributed by atoms with E-state index in [2.05, 4.69) is 79.1 Å². The molecule has 0 amide bonds. The SMILES string of the molecule is CC(N[C@H](C)c1cccs1)c1ccc2ccccc2c1. The predicted octanol–water partition coefficient (Wildman–Crippen LogP) is 5.31. The molecule has 20 heavy (non-hydrogen) atoms. The summed E-state index contributed by atoms with van der Waals surface area (Å²) < 4.78 is 0. The van der Waals surface area contributed by atoms with Crippen molar-refractivity contribution in [1.82, 2.24) is 5.32 Å². The van der Waals surface area contributed by atoms with Crippen LogP contribution in [0.3, 0.4) is 0 Å². The number of nitrogens with one attached hydrogen (secondary N) is 1. The lowest BCUT2D eigenvalue weighted by molar-refractivity contribution is 0.500. The van der Waals surface area contributed by atoms with E-state index < -0.39 is 0 Å². The molecule has 1 N–H and O–H groups in total. The van der Waals surface area contributed by atoms with Crippen molar-refractivity contribution in [2.24, 2.45) is 0 Å². The Kier molecular flexibility index (Phi) is 3.86. The zero-order valence-corrected chi connectivity index (χ0v) is 12.7. The standard InChI is InChI=1S/C18H19NS/c1-13(19-14(2)18-8-5-11-20-18)16-10-9-15-6-3-4-7-17(15)12-16/h3-14,19H,1-2H3/t13?,14-/m1/s1. The van der Waals surface area contributed by atoms with Gasteiger partial charge in [-0.05, 0) is 47.7 Å². The second-order valence-electron chi connectivity index (χ2n) is 5.23. The molecule has 102 valence electrons. The van der Waals surface area contributed by atoms with Crippen molar-refractivity contribution in [1.29, 1.82) is 0 Å². The topological polar surface area (TPSA) is 12.0 Å². The van der Waals surface area contributed by atoms with Crippen molar-refractivity contribution in [3.63, 3.8) is 0 Å². The number of hydrogen-bond donors (Lipinski definition) is 1. The molecule has 0 aliphatic rings. The molecule has 0 saturated carbocycles. The molecule has 0 radical (unpaired) electrons. The minimum atomic E-state index is 0.344. The van der Waals surface area contributed by atoms with E-state index in [9.17, 15) is 0 Å². The van der Waals surface area contributed by atoms with Gasteiger partial charge in [0.1, 0.15) is 0 Å². The van der Waals surface area contributed by atoms with Gasteiger partial charge in [-0.15, -0.1) is 11.3 Å². The van der Waals surface area contributed by atoms with E-state index >= 15 is 0 Å². The van der Waals surface area contributed by atoms with Gasteiger partial charge in [0.05, 0.1) is 0 Å². The number of fused-ring (bicyclic) bond motifs is 1. The fourth-order valence-electron chi connectivity index (χ4n) is 2.57. The minimum Gasteiger partial charge on any atom is -0.303 e. The Morgan fingerprint density at radius 1 is 0.850 bits per heavy atom. The summed E-state index contributed by atoms with van der Waals surface area (Å²) in [7, 11) is 0. The van der Waals surface area contributed by atoms with Crippen LogP contribution in [0.5, 0.6) is 0 Å². The van der Waals surface area contributed by atoms with E-state index in [-0.39, 0.29) is 0 Å². The lowest BCUT2D eigenvalue weighted by Crippen LogP contribution is -2.21. The summed E-state index contributed by atoms with van der Waals surface area (Å²) in [6.07, 6.45) is 0. The fourth-order valence-corrected chi connectivity index (χ4v) is 3.31. The van der Waals surface area contributed by atoms with Crippen LogP contribution in [-0.4, -0.2) is 0 Å². The molecule has 0 fully saturated rings. The molecule has 3 aromatic rings. The highest BCUT2D eigenvalue weighted by Gasteiger charge is 2.12. The number of hydrogen-bond acceptors (Lipinski definition) is 2. The number of benzene rings is 2. The Labute approximate surface area is 124 Å². The van der Waals surface area contributed by atoms with Crippen LogP contribution in [-0.2, 0) is 0 Å². The molecule has 0 saturated heterocycles. The number of thiophene rings is 1. The highest BCUT2D eigenvalue weighted by Crippen LogP contribution is 2.24. The van der Waals surface area contributed by atoms with Crippen LogP contribution in [0.25, 0.3) is 10.8 Å². The molecule has 0 bridgehead atoms. The van der Waals surface area contributed by atoms with Crippen molar-refractivity contribution in [2.75, 3.05) is 0 Å². The molecule has 0 spiro atoms. The van der Waals surface area contributed by atoms with Gasteiger partial charge in [-0.3, -0.25) is 0 Å². The molecular formula is C18H19NS. The van der Waals surface area contributed by atoms with Gasteiger partial charge in [0.15, 0.2) is 0 Å². The van der Waals surface area contributed by atoms with Gasteiger partial charge in [0.2, 0.25) is 0 Å².